The number of hydrogen-bond donors (Lipinski definition) is 2. The maximum Gasteiger partial charge on any atom is 0.242 e. The number of carbonyl (C=O) groups excluding carboxylic acids is 2. The molecule has 2 fully saturated rings. The highest BCUT2D eigenvalue weighted by Crippen LogP contribution is 2.36. The Balaban J connectivity index is 1.88. The standard InChI is InChI=1S/C12H20N2O2/c1-2-3-6-13-12(16)10-8-4-5-9(7-8)11(15)14-10/h8-10H,2-7H2,1H3,(H,13,16)(H,14,15). The third-order valence-electron chi connectivity index (χ3n) is 3.73. The Bertz CT molecular complexity index is 291. The molecule has 0 spiro atoms. The third kappa shape index (κ3) is 2.20. The molecule has 2 amide bonds. The largest absolute Gasteiger partial charge is 0.354 e. The first-order valence-electron chi connectivity index (χ1n) is 6.30. The zero-order valence-corrected chi connectivity index (χ0v) is 9.79. The van der Waals surface area contributed by atoms with Crippen LogP contribution in [0.5, 0.6) is 0 Å². The number of amides is 2. The fraction of sp³-hybridized carbons (Fsp3) is 0.833. The van der Waals surface area contributed by atoms with Gasteiger partial charge in [0.1, 0.15) is 6.04 Å². The minimum atomic E-state index is -0.275. The molecule has 1 saturated heterocycles. The van der Waals surface area contributed by atoms with Crippen LogP contribution in [0.15, 0.2) is 0 Å². The average molecular weight is 224 g/mol. The Morgan fingerprint density at radius 1 is 1.50 bits per heavy atom. The quantitative estimate of drug-likeness (QED) is 0.694. The summed E-state index contributed by atoms with van der Waals surface area (Å²) in [5, 5.41) is 5.76. The Labute approximate surface area is 96.2 Å². The molecule has 1 aliphatic carbocycles. The zero-order chi connectivity index (χ0) is 11.5. The molecule has 4 nitrogen and oxygen atoms in total. The molecule has 4 heteroatoms. The minimum absolute atomic E-state index is 0.00662. The number of fused-ring (bicyclic) bond motifs is 2. The average Bonchev–Trinajstić information content (AvgIpc) is 2.69. The lowest BCUT2D eigenvalue weighted by Crippen LogP contribution is -2.54. The molecule has 0 aromatic heterocycles. The Hall–Kier alpha value is -1.06. The Morgan fingerprint density at radius 2 is 2.31 bits per heavy atom. The minimum Gasteiger partial charge on any atom is -0.354 e. The fourth-order valence-electron chi connectivity index (χ4n) is 2.72. The van der Waals surface area contributed by atoms with Crippen molar-refractivity contribution >= 4 is 11.8 Å². The molecule has 1 aliphatic heterocycles. The molecule has 16 heavy (non-hydrogen) atoms. The predicted octanol–water partition coefficient (Wildman–Crippen LogP) is 0.817. The van der Waals surface area contributed by atoms with Crippen molar-refractivity contribution < 1.29 is 9.59 Å². The van der Waals surface area contributed by atoms with E-state index in [1.54, 1.807) is 0 Å². The van der Waals surface area contributed by atoms with E-state index < -0.39 is 0 Å². The lowest BCUT2D eigenvalue weighted by molar-refractivity contribution is -0.134. The molecule has 2 N–H and O–H groups in total. The van der Waals surface area contributed by atoms with Crippen LogP contribution in [0.25, 0.3) is 0 Å². The molecule has 3 atom stereocenters. The van der Waals surface area contributed by atoms with Crippen LogP contribution in [0.2, 0.25) is 0 Å². The molecule has 1 saturated carbocycles. The first kappa shape index (κ1) is 11.4. The van der Waals surface area contributed by atoms with Crippen LogP contribution >= 0.6 is 0 Å². The van der Waals surface area contributed by atoms with E-state index in [1.807, 2.05) is 0 Å². The van der Waals surface area contributed by atoms with Crippen LogP contribution in [0, 0.1) is 11.8 Å². The van der Waals surface area contributed by atoms with Gasteiger partial charge in [-0.1, -0.05) is 13.3 Å². The summed E-state index contributed by atoms with van der Waals surface area (Å²) in [4.78, 5) is 23.5. The second-order valence-corrected chi connectivity index (χ2v) is 4.90. The molecule has 2 aliphatic rings. The molecule has 2 rings (SSSR count). The molecule has 0 radical (unpaired) electrons. The van der Waals surface area contributed by atoms with Gasteiger partial charge >= 0.3 is 0 Å². The van der Waals surface area contributed by atoms with Gasteiger partial charge in [-0.15, -0.1) is 0 Å². The van der Waals surface area contributed by atoms with Gasteiger partial charge in [-0.3, -0.25) is 9.59 Å². The predicted molar refractivity (Wildman–Crippen MR) is 60.7 cm³/mol. The van der Waals surface area contributed by atoms with E-state index in [0.717, 1.165) is 38.6 Å². The zero-order valence-electron chi connectivity index (χ0n) is 9.79. The summed E-state index contributed by atoms with van der Waals surface area (Å²) in [5.41, 5.74) is 0. The van der Waals surface area contributed by atoms with Gasteiger partial charge in [-0.05, 0) is 31.6 Å². The second-order valence-electron chi connectivity index (χ2n) is 4.90. The van der Waals surface area contributed by atoms with E-state index >= 15 is 0 Å². The van der Waals surface area contributed by atoms with E-state index in [9.17, 15) is 9.59 Å². The van der Waals surface area contributed by atoms with Crippen molar-refractivity contribution in [2.24, 2.45) is 11.8 Å². The molecule has 0 aromatic rings. The maximum absolute atomic E-state index is 11.9. The number of nitrogens with one attached hydrogen (secondary N) is 2. The maximum atomic E-state index is 11.9. The summed E-state index contributed by atoms with van der Waals surface area (Å²) in [6, 6.07) is -0.275. The number of carbonyl (C=O) groups is 2. The van der Waals surface area contributed by atoms with E-state index in [4.69, 9.17) is 0 Å². The smallest absolute Gasteiger partial charge is 0.242 e. The number of unbranched alkanes of at least 4 members (excludes halogenated alkanes) is 1. The van der Waals surface area contributed by atoms with Crippen molar-refractivity contribution in [1.82, 2.24) is 10.6 Å². The Kier molecular flexibility index (Phi) is 3.46. The van der Waals surface area contributed by atoms with Crippen molar-refractivity contribution in [3.8, 4) is 0 Å². The fourth-order valence-corrected chi connectivity index (χ4v) is 2.72. The highest BCUT2D eigenvalue weighted by molar-refractivity contribution is 5.90. The van der Waals surface area contributed by atoms with Gasteiger partial charge in [-0.2, -0.15) is 0 Å². The van der Waals surface area contributed by atoms with E-state index in [0.29, 0.717) is 5.92 Å². The summed E-state index contributed by atoms with van der Waals surface area (Å²) in [7, 11) is 0. The van der Waals surface area contributed by atoms with Crippen molar-refractivity contribution in [3.63, 3.8) is 0 Å². The van der Waals surface area contributed by atoms with Crippen molar-refractivity contribution in [2.45, 2.75) is 45.1 Å². The van der Waals surface area contributed by atoms with Gasteiger partial charge in [0.25, 0.3) is 0 Å². The normalized spacial score (nSPS) is 32.3. The van der Waals surface area contributed by atoms with Crippen LogP contribution in [-0.4, -0.2) is 24.4 Å². The van der Waals surface area contributed by atoms with Gasteiger partial charge < -0.3 is 10.6 Å². The van der Waals surface area contributed by atoms with E-state index in [2.05, 4.69) is 17.6 Å². The first-order valence-corrected chi connectivity index (χ1v) is 6.30. The third-order valence-corrected chi connectivity index (χ3v) is 3.73. The van der Waals surface area contributed by atoms with Gasteiger partial charge in [0.2, 0.25) is 11.8 Å². The highest BCUT2D eigenvalue weighted by atomic mass is 16.2. The van der Waals surface area contributed by atoms with Gasteiger partial charge in [0, 0.05) is 12.5 Å². The summed E-state index contributed by atoms with van der Waals surface area (Å²) >= 11 is 0. The lowest BCUT2D eigenvalue weighted by atomic mass is 9.91. The topological polar surface area (TPSA) is 58.2 Å². The highest BCUT2D eigenvalue weighted by Gasteiger charge is 2.43. The van der Waals surface area contributed by atoms with E-state index in [1.165, 1.54) is 0 Å². The first-order chi connectivity index (χ1) is 7.72. The van der Waals surface area contributed by atoms with Crippen LogP contribution in [-0.2, 0) is 9.59 Å². The SMILES string of the molecule is CCCCNC(=O)C1NC(=O)C2CCC1C2. The monoisotopic (exact) mass is 224 g/mol. The van der Waals surface area contributed by atoms with Crippen LogP contribution < -0.4 is 10.6 Å². The molecule has 3 unspecified atom stereocenters. The van der Waals surface area contributed by atoms with Gasteiger partial charge in [0.15, 0.2) is 0 Å². The Morgan fingerprint density at radius 3 is 3.06 bits per heavy atom. The lowest BCUT2D eigenvalue weighted by Gasteiger charge is -2.28. The molecule has 1 heterocycles. The molecule has 90 valence electrons. The molecular formula is C12H20N2O2. The summed E-state index contributed by atoms with van der Waals surface area (Å²) in [6.07, 6.45) is 4.94. The summed E-state index contributed by atoms with van der Waals surface area (Å²) in [5.74, 6) is 0.616. The van der Waals surface area contributed by atoms with Crippen LogP contribution in [0.3, 0.4) is 0 Å². The molecule has 2 bridgehead atoms. The number of piperidine rings is 1. The van der Waals surface area contributed by atoms with Gasteiger partial charge in [-0.25, -0.2) is 0 Å². The summed E-state index contributed by atoms with van der Waals surface area (Å²) < 4.78 is 0. The van der Waals surface area contributed by atoms with Crippen molar-refractivity contribution in [1.29, 1.82) is 0 Å². The molecular weight excluding hydrogens is 204 g/mol. The number of rotatable bonds is 4. The number of hydrogen-bond acceptors (Lipinski definition) is 2. The molecule has 0 aromatic carbocycles. The van der Waals surface area contributed by atoms with Crippen LogP contribution in [0.4, 0.5) is 0 Å². The van der Waals surface area contributed by atoms with Crippen molar-refractivity contribution in [2.75, 3.05) is 6.54 Å². The summed E-state index contributed by atoms with van der Waals surface area (Å²) in [6.45, 7) is 2.81. The van der Waals surface area contributed by atoms with Gasteiger partial charge in [0.05, 0.1) is 0 Å². The second kappa shape index (κ2) is 4.85. The van der Waals surface area contributed by atoms with Crippen molar-refractivity contribution in [3.05, 3.63) is 0 Å². The van der Waals surface area contributed by atoms with E-state index in [-0.39, 0.29) is 23.8 Å². The van der Waals surface area contributed by atoms with Crippen LogP contribution in [0.1, 0.15) is 39.0 Å².